The maximum absolute atomic E-state index is 13.9. The minimum Gasteiger partial charge on any atom is -0.427 e. The topological polar surface area (TPSA) is 55.4 Å². The largest absolute Gasteiger partial charge is 0.427 e. The van der Waals surface area contributed by atoms with Crippen molar-refractivity contribution in [3.63, 3.8) is 0 Å². The van der Waals surface area contributed by atoms with Crippen molar-refractivity contribution in [1.82, 2.24) is 0 Å². The summed E-state index contributed by atoms with van der Waals surface area (Å²) in [6, 6.07) is 17.1. The first-order chi connectivity index (χ1) is 14.3. The molecule has 0 spiro atoms. The van der Waals surface area contributed by atoms with Crippen LogP contribution in [0.4, 0.5) is 14.5 Å². The van der Waals surface area contributed by atoms with Crippen LogP contribution in [0.3, 0.4) is 0 Å². The molecule has 30 heavy (non-hydrogen) atoms. The maximum atomic E-state index is 13.9. The lowest BCUT2D eigenvalue weighted by atomic mass is 9.95. The minimum absolute atomic E-state index is 0.108. The van der Waals surface area contributed by atoms with E-state index in [1.165, 1.54) is 19.1 Å². The Morgan fingerprint density at radius 1 is 0.967 bits per heavy atom. The quantitative estimate of drug-likeness (QED) is 0.420. The third-order valence-electron chi connectivity index (χ3n) is 4.60. The number of amides is 1. The van der Waals surface area contributed by atoms with Crippen LogP contribution in [0.15, 0.2) is 66.7 Å². The molecule has 0 aliphatic carbocycles. The van der Waals surface area contributed by atoms with Crippen LogP contribution in [-0.2, 0) is 9.59 Å². The van der Waals surface area contributed by atoms with E-state index in [2.05, 4.69) is 5.32 Å². The molecule has 0 bridgehead atoms. The van der Waals surface area contributed by atoms with Crippen LogP contribution in [0.1, 0.15) is 31.7 Å². The van der Waals surface area contributed by atoms with Gasteiger partial charge in [-0.3, -0.25) is 9.59 Å². The fourth-order valence-corrected chi connectivity index (χ4v) is 3.07. The fourth-order valence-electron chi connectivity index (χ4n) is 3.07. The molecular weight excluding hydrogens is 388 g/mol. The van der Waals surface area contributed by atoms with Crippen LogP contribution in [0.25, 0.3) is 11.1 Å². The van der Waals surface area contributed by atoms with Crippen molar-refractivity contribution in [2.75, 3.05) is 5.32 Å². The summed E-state index contributed by atoms with van der Waals surface area (Å²) in [5.74, 6) is -1.52. The van der Waals surface area contributed by atoms with Gasteiger partial charge >= 0.3 is 5.97 Å². The van der Waals surface area contributed by atoms with E-state index in [1.807, 2.05) is 19.1 Å². The van der Waals surface area contributed by atoms with Gasteiger partial charge in [0, 0.05) is 24.2 Å². The molecule has 1 N–H and O–H groups in total. The first kappa shape index (κ1) is 21.2. The van der Waals surface area contributed by atoms with Crippen molar-refractivity contribution in [2.24, 2.45) is 0 Å². The van der Waals surface area contributed by atoms with Gasteiger partial charge < -0.3 is 10.1 Å². The highest BCUT2D eigenvalue weighted by atomic mass is 19.1. The maximum Gasteiger partial charge on any atom is 0.311 e. The van der Waals surface area contributed by atoms with Gasteiger partial charge in [0.1, 0.15) is 17.4 Å². The molecule has 0 fully saturated rings. The molecule has 0 saturated carbocycles. The van der Waals surface area contributed by atoms with Crippen LogP contribution in [0.2, 0.25) is 0 Å². The van der Waals surface area contributed by atoms with E-state index in [0.29, 0.717) is 22.6 Å². The second-order valence-electron chi connectivity index (χ2n) is 7.03. The van der Waals surface area contributed by atoms with E-state index in [4.69, 9.17) is 4.74 Å². The molecular formula is C24H21F2NO3. The van der Waals surface area contributed by atoms with Crippen LogP contribution in [0, 0.1) is 11.6 Å². The number of hydrogen-bond donors (Lipinski definition) is 1. The Bertz CT molecular complexity index is 1050. The van der Waals surface area contributed by atoms with Gasteiger partial charge in [-0.25, -0.2) is 8.78 Å². The summed E-state index contributed by atoms with van der Waals surface area (Å²) in [7, 11) is 0. The van der Waals surface area contributed by atoms with Crippen molar-refractivity contribution in [1.29, 1.82) is 0 Å². The Kier molecular flexibility index (Phi) is 6.57. The molecule has 4 nitrogen and oxygen atoms in total. The molecule has 3 aromatic carbocycles. The Morgan fingerprint density at radius 3 is 2.23 bits per heavy atom. The monoisotopic (exact) mass is 409 g/mol. The number of benzene rings is 3. The number of rotatable bonds is 6. The van der Waals surface area contributed by atoms with Crippen LogP contribution in [-0.4, -0.2) is 11.9 Å². The number of carbonyl (C=O) groups is 2. The molecule has 0 aliphatic heterocycles. The van der Waals surface area contributed by atoms with Crippen molar-refractivity contribution in [3.8, 4) is 16.9 Å². The summed E-state index contributed by atoms with van der Waals surface area (Å²) < 4.78 is 32.4. The molecule has 3 rings (SSSR count). The van der Waals surface area contributed by atoms with Gasteiger partial charge in [-0.15, -0.1) is 0 Å². The van der Waals surface area contributed by atoms with E-state index in [-0.39, 0.29) is 24.2 Å². The van der Waals surface area contributed by atoms with Gasteiger partial charge in [0.25, 0.3) is 0 Å². The van der Waals surface area contributed by atoms with E-state index in [9.17, 15) is 18.4 Å². The highest BCUT2D eigenvalue weighted by Crippen LogP contribution is 2.27. The number of carbonyl (C=O) groups excluding carboxylic acids is 2. The zero-order chi connectivity index (χ0) is 21.7. The highest BCUT2D eigenvalue weighted by Gasteiger charge is 2.14. The summed E-state index contributed by atoms with van der Waals surface area (Å²) in [6.45, 7) is 3.31. The summed E-state index contributed by atoms with van der Waals surface area (Å²) in [6.07, 6.45) is 0.164. The number of anilines is 1. The lowest BCUT2D eigenvalue weighted by molar-refractivity contribution is -0.134. The lowest BCUT2D eigenvalue weighted by Gasteiger charge is -2.13. The molecule has 1 unspecified atom stereocenters. The molecule has 0 heterocycles. The Balaban J connectivity index is 1.60. The zero-order valence-electron chi connectivity index (χ0n) is 16.6. The molecule has 1 amide bonds. The van der Waals surface area contributed by atoms with Crippen LogP contribution < -0.4 is 10.1 Å². The zero-order valence-corrected chi connectivity index (χ0v) is 16.6. The third-order valence-corrected chi connectivity index (χ3v) is 4.60. The van der Waals surface area contributed by atoms with Gasteiger partial charge in [0.15, 0.2) is 0 Å². The molecule has 0 radical (unpaired) electrons. The lowest BCUT2D eigenvalue weighted by Crippen LogP contribution is -2.12. The summed E-state index contributed by atoms with van der Waals surface area (Å²) >= 11 is 0. The number of nitrogens with one attached hydrogen (secondary N) is 1. The van der Waals surface area contributed by atoms with E-state index in [0.717, 1.165) is 11.6 Å². The Hall–Kier alpha value is -3.54. The number of halogens is 2. The van der Waals surface area contributed by atoms with Gasteiger partial charge in [0.05, 0.1) is 6.42 Å². The predicted molar refractivity (Wildman–Crippen MR) is 111 cm³/mol. The number of ether oxygens (including phenoxy) is 1. The smallest absolute Gasteiger partial charge is 0.311 e. The fraction of sp³-hybridized carbons (Fsp3) is 0.167. The van der Waals surface area contributed by atoms with Crippen molar-refractivity contribution in [3.05, 3.63) is 83.9 Å². The standard InChI is InChI=1S/C24H21F2NO3/c1-15(13-24(29)30-21-10-8-20(9-11-21)27-16(2)28)17-3-5-18(6-4-17)22-12-7-19(25)14-23(22)26/h3-12,14-15H,13H2,1-2H3,(H,27,28). The molecule has 0 aromatic heterocycles. The summed E-state index contributed by atoms with van der Waals surface area (Å²) in [5, 5.41) is 2.64. The van der Waals surface area contributed by atoms with Gasteiger partial charge in [-0.2, -0.15) is 0 Å². The van der Waals surface area contributed by atoms with Crippen molar-refractivity contribution >= 4 is 17.6 Å². The van der Waals surface area contributed by atoms with Crippen LogP contribution in [0.5, 0.6) is 5.75 Å². The molecule has 1 atom stereocenters. The third kappa shape index (κ3) is 5.50. The normalized spacial score (nSPS) is 11.6. The molecule has 154 valence electrons. The van der Waals surface area contributed by atoms with E-state index in [1.54, 1.807) is 36.4 Å². The Morgan fingerprint density at radius 2 is 1.63 bits per heavy atom. The first-order valence-electron chi connectivity index (χ1n) is 9.45. The molecule has 0 saturated heterocycles. The van der Waals surface area contributed by atoms with Crippen LogP contribution >= 0.6 is 0 Å². The highest BCUT2D eigenvalue weighted by molar-refractivity contribution is 5.88. The summed E-state index contributed by atoms with van der Waals surface area (Å²) in [5.41, 5.74) is 2.47. The number of hydrogen-bond acceptors (Lipinski definition) is 3. The van der Waals surface area contributed by atoms with Crippen molar-refractivity contribution < 1.29 is 23.1 Å². The van der Waals surface area contributed by atoms with Crippen molar-refractivity contribution in [2.45, 2.75) is 26.2 Å². The van der Waals surface area contributed by atoms with Gasteiger partial charge in [0.2, 0.25) is 5.91 Å². The number of esters is 1. The summed E-state index contributed by atoms with van der Waals surface area (Å²) in [4.78, 5) is 23.3. The average Bonchev–Trinajstić information content (AvgIpc) is 2.69. The molecule has 0 aliphatic rings. The SMILES string of the molecule is CC(=O)Nc1ccc(OC(=O)CC(C)c2ccc(-c3ccc(F)cc3F)cc2)cc1. The average molecular weight is 409 g/mol. The molecule has 3 aromatic rings. The first-order valence-corrected chi connectivity index (χ1v) is 9.45. The van der Waals surface area contributed by atoms with E-state index >= 15 is 0 Å². The Labute approximate surface area is 173 Å². The van der Waals surface area contributed by atoms with E-state index < -0.39 is 11.6 Å². The second-order valence-corrected chi connectivity index (χ2v) is 7.03. The predicted octanol–water partition coefficient (Wildman–Crippen LogP) is 5.69. The second kappa shape index (κ2) is 9.31. The minimum atomic E-state index is -0.621. The van der Waals surface area contributed by atoms with Gasteiger partial charge in [-0.1, -0.05) is 31.2 Å². The van der Waals surface area contributed by atoms with Gasteiger partial charge in [-0.05, 0) is 53.4 Å². The molecule has 6 heteroatoms.